The van der Waals surface area contributed by atoms with Crippen molar-refractivity contribution in [1.29, 1.82) is 0 Å². The predicted octanol–water partition coefficient (Wildman–Crippen LogP) is 2.13. The van der Waals surface area contributed by atoms with Gasteiger partial charge in [-0.15, -0.1) is 0 Å². The Morgan fingerprint density at radius 3 is 2.80 bits per heavy atom. The summed E-state index contributed by atoms with van der Waals surface area (Å²) in [6.07, 6.45) is 0.101. The number of nitrogens with two attached hydrogens (primary N) is 1. The number of ketones is 1. The maximum absolute atomic E-state index is 13.6. The molecule has 0 aromatic heterocycles. The summed E-state index contributed by atoms with van der Waals surface area (Å²) < 4.78 is 18.8. The summed E-state index contributed by atoms with van der Waals surface area (Å²) in [7, 11) is 1.39. The zero-order chi connectivity index (χ0) is 11.4. The molecule has 5 heteroatoms. The molecule has 15 heavy (non-hydrogen) atoms. The van der Waals surface area contributed by atoms with Crippen LogP contribution >= 0.6 is 15.9 Å². The fourth-order valence-electron chi connectivity index (χ4n) is 1.22. The molecule has 0 heterocycles. The van der Waals surface area contributed by atoms with Gasteiger partial charge < -0.3 is 10.5 Å². The average molecular weight is 276 g/mol. The number of Topliss-reactive ketones (excluding diaryl/α,β-unsaturated/α-hetero) is 1. The van der Waals surface area contributed by atoms with Gasteiger partial charge in [-0.25, -0.2) is 4.39 Å². The second-order valence-corrected chi connectivity index (χ2v) is 3.75. The monoisotopic (exact) mass is 275 g/mol. The normalized spacial score (nSPS) is 10.1. The Bertz CT molecular complexity index is 382. The van der Waals surface area contributed by atoms with Crippen LogP contribution < -0.4 is 10.5 Å². The first-order valence-electron chi connectivity index (χ1n) is 4.37. The van der Waals surface area contributed by atoms with Gasteiger partial charge in [0.2, 0.25) is 0 Å². The Balaban J connectivity index is 3.23. The maximum Gasteiger partial charge on any atom is 0.170 e. The van der Waals surface area contributed by atoms with Gasteiger partial charge in [0.05, 0.1) is 17.1 Å². The van der Waals surface area contributed by atoms with Crippen molar-refractivity contribution >= 4 is 21.7 Å². The van der Waals surface area contributed by atoms with Crippen LogP contribution in [0.5, 0.6) is 5.75 Å². The minimum absolute atomic E-state index is 0.0441. The first-order chi connectivity index (χ1) is 7.11. The third-order valence-electron chi connectivity index (χ3n) is 1.93. The minimum Gasteiger partial charge on any atom is -0.496 e. The lowest BCUT2D eigenvalue weighted by molar-refractivity contribution is 0.0978. The van der Waals surface area contributed by atoms with Crippen molar-refractivity contribution in [2.24, 2.45) is 5.73 Å². The second kappa shape index (κ2) is 5.23. The molecule has 1 aromatic carbocycles. The first-order valence-corrected chi connectivity index (χ1v) is 5.16. The van der Waals surface area contributed by atoms with E-state index in [0.29, 0.717) is 0 Å². The van der Waals surface area contributed by atoms with Crippen molar-refractivity contribution in [2.45, 2.75) is 6.42 Å². The lowest BCUT2D eigenvalue weighted by atomic mass is 10.1. The summed E-state index contributed by atoms with van der Waals surface area (Å²) in [6, 6.07) is 3.03. The van der Waals surface area contributed by atoms with Crippen LogP contribution in [-0.2, 0) is 0 Å². The number of rotatable bonds is 4. The van der Waals surface area contributed by atoms with E-state index >= 15 is 0 Å². The van der Waals surface area contributed by atoms with Crippen LogP contribution in [-0.4, -0.2) is 19.4 Å². The van der Waals surface area contributed by atoms with Gasteiger partial charge in [0, 0.05) is 6.42 Å². The molecular formula is C10H11BrFNO2. The van der Waals surface area contributed by atoms with E-state index in [2.05, 4.69) is 15.9 Å². The van der Waals surface area contributed by atoms with Crippen molar-refractivity contribution in [3.8, 4) is 5.75 Å². The van der Waals surface area contributed by atoms with Gasteiger partial charge in [-0.2, -0.15) is 0 Å². The standard InChI is InChI=1S/C10H11BrFNO2/c1-15-8-3-2-6(11)10(12)9(8)7(14)4-5-13/h2-3H,4-5,13H2,1H3. The number of benzene rings is 1. The highest BCUT2D eigenvalue weighted by Gasteiger charge is 2.19. The summed E-state index contributed by atoms with van der Waals surface area (Å²) in [5, 5.41) is 0. The molecule has 0 saturated heterocycles. The SMILES string of the molecule is COc1ccc(Br)c(F)c1C(=O)CCN. The Hall–Kier alpha value is -0.940. The van der Waals surface area contributed by atoms with Crippen molar-refractivity contribution in [1.82, 2.24) is 0 Å². The van der Waals surface area contributed by atoms with Crippen molar-refractivity contribution in [3.05, 3.63) is 28.0 Å². The van der Waals surface area contributed by atoms with E-state index in [4.69, 9.17) is 10.5 Å². The van der Waals surface area contributed by atoms with Crippen LogP contribution in [0.1, 0.15) is 16.8 Å². The highest BCUT2D eigenvalue weighted by molar-refractivity contribution is 9.10. The van der Waals surface area contributed by atoms with E-state index in [9.17, 15) is 9.18 Å². The fourth-order valence-corrected chi connectivity index (χ4v) is 1.55. The highest BCUT2D eigenvalue weighted by Crippen LogP contribution is 2.28. The van der Waals surface area contributed by atoms with Crippen LogP contribution in [0.3, 0.4) is 0 Å². The van der Waals surface area contributed by atoms with Crippen molar-refractivity contribution < 1.29 is 13.9 Å². The summed E-state index contributed by atoms with van der Waals surface area (Å²) in [5.41, 5.74) is 5.21. The van der Waals surface area contributed by atoms with Gasteiger partial charge in [0.1, 0.15) is 5.75 Å². The molecule has 3 nitrogen and oxygen atoms in total. The molecule has 0 amide bonds. The fraction of sp³-hybridized carbons (Fsp3) is 0.300. The molecule has 82 valence electrons. The molecule has 0 bridgehead atoms. The van der Waals surface area contributed by atoms with Crippen molar-refractivity contribution in [2.75, 3.05) is 13.7 Å². The second-order valence-electron chi connectivity index (χ2n) is 2.90. The molecule has 0 radical (unpaired) electrons. The number of ether oxygens (including phenoxy) is 1. The molecule has 1 rings (SSSR count). The lowest BCUT2D eigenvalue weighted by Gasteiger charge is -2.09. The summed E-state index contributed by atoms with van der Waals surface area (Å²) >= 11 is 3.01. The molecular weight excluding hydrogens is 265 g/mol. The first kappa shape index (κ1) is 12.1. The average Bonchev–Trinajstić information content (AvgIpc) is 2.22. The van der Waals surface area contributed by atoms with Gasteiger partial charge in [0.25, 0.3) is 0 Å². The number of hydrogen-bond acceptors (Lipinski definition) is 3. The summed E-state index contributed by atoms with van der Waals surface area (Å²) in [4.78, 5) is 11.6. The molecule has 0 aliphatic heterocycles. The number of methoxy groups -OCH3 is 1. The highest BCUT2D eigenvalue weighted by atomic mass is 79.9. The Morgan fingerprint density at radius 1 is 1.60 bits per heavy atom. The molecule has 0 unspecified atom stereocenters. The molecule has 0 spiro atoms. The maximum atomic E-state index is 13.6. The van der Waals surface area contributed by atoms with Crippen LogP contribution in [0.25, 0.3) is 0 Å². The third kappa shape index (κ3) is 2.54. The molecule has 2 N–H and O–H groups in total. The van der Waals surface area contributed by atoms with E-state index in [1.54, 1.807) is 0 Å². The van der Waals surface area contributed by atoms with Gasteiger partial charge in [0.15, 0.2) is 11.6 Å². The van der Waals surface area contributed by atoms with Crippen LogP contribution in [0.4, 0.5) is 4.39 Å². The largest absolute Gasteiger partial charge is 0.496 e. The summed E-state index contributed by atoms with van der Waals surface area (Å²) in [5.74, 6) is -0.727. The number of halogens is 2. The Kier molecular flexibility index (Phi) is 4.23. The zero-order valence-corrected chi connectivity index (χ0v) is 9.80. The van der Waals surface area contributed by atoms with Gasteiger partial charge in [-0.3, -0.25) is 4.79 Å². The van der Waals surface area contributed by atoms with Gasteiger partial charge in [-0.1, -0.05) is 0 Å². The lowest BCUT2D eigenvalue weighted by Crippen LogP contribution is -2.11. The summed E-state index contributed by atoms with van der Waals surface area (Å²) in [6.45, 7) is 0.188. The smallest absolute Gasteiger partial charge is 0.170 e. The Morgan fingerprint density at radius 2 is 2.27 bits per heavy atom. The van der Waals surface area contributed by atoms with E-state index < -0.39 is 5.82 Å². The minimum atomic E-state index is -0.604. The van der Waals surface area contributed by atoms with Crippen LogP contribution in [0, 0.1) is 5.82 Å². The predicted molar refractivity (Wildman–Crippen MR) is 58.7 cm³/mol. The number of carbonyl (C=O) groups is 1. The van der Waals surface area contributed by atoms with Gasteiger partial charge in [-0.05, 0) is 34.6 Å². The molecule has 0 aliphatic rings. The molecule has 0 fully saturated rings. The topological polar surface area (TPSA) is 52.3 Å². The third-order valence-corrected chi connectivity index (χ3v) is 2.54. The number of hydrogen-bond donors (Lipinski definition) is 1. The van der Waals surface area contributed by atoms with Gasteiger partial charge >= 0.3 is 0 Å². The zero-order valence-electron chi connectivity index (χ0n) is 8.22. The van der Waals surface area contributed by atoms with E-state index in [1.165, 1.54) is 19.2 Å². The molecule has 0 atom stereocenters. The van der Waals surface area contributed by atoms with E-state index in [0.717, 1.165) is 0 Å². The van der Waals surface area contributed by atoms with Crippen molar-refractivity contribution in [3.63, 3.8) is 0 Å². The molecule has 0 saturated carbocycles. The van der Waals surface area contributed by atoms with Crippen LogP contribution in [0.2, 0.25) is 0 Å². The molecule has 0 aliphatic carbocycles. The van der Waals surface area contributed by atoms with Crippen LogP contribution in [0.15, 0.2) is 16.6 Å². The number of carbonyl (C=O) groups excluding carboxylic acids is 1. The quantitative estimate of drug-likeness (QED) is 0.857. The van der Waals surface area contributed by atoms with E-state index in [1.807, 2.05) is 0 Å². The molecule has 1 aromatic rings. The van der Waals surface area contributed by atoms with E-state index in [-0.39, 0.29) is 34.5 Å². The Labute approximate surface area is 95.5 Å².